The van der Waals surface area contributed by atoms with Crippen molar-refractivity contribution in [3.63, 3.8) is 0 Å². The smallest absolute Gasteiger partial charge is 0.243 e. The lowest BCUT2D eigenvalue weighted by atomic mass is 10.2. The number of unbranched alkanes of at least 4 members (excludes halogenated alkanes) is 1. The van der Waals surface area contributed by atoms with Gasteiger partial charge in [-0.15, -0.1) is 0 Å². The number of aliphatic hydroxyl groups excluding tert-OH is 1. The molecule has 4 nitrogen and oxygen atoms in total. The maximum absolute atomic E-state index is 13.4. The van der Waals surface area contributed by atoms with Crippen LogP contribution in [0.25, 0.3) is 0 Å². The van der Waals surface area contributed by atoms with Crippen LogP contribution in [0.1, 0.15) is 45.6 Å². The molecule has 1 aromatic rings. The molecule has 0 aromatic heterocycles. The van der Waals surface area contributed by atoms with E-state index in [1.807, 2.05) is 20.8 Å². The molecule has 1 rings (SSSR count). The fourth-order valence-corrected chi connectivity index (χ4v) is 4.09. The molecule has 120 valence electrons. The van der Waals surface area contributed by atoms with Crippen molar-refractivity contribution in [2.75, 3.05) is 6.54 Å². The molecule has 0 radical (unpaired) electrons. The van der Waals surface area contributed by atoms with Crippen molar-refractivity contribution in [3.05, 3.63) is 29.6 Å². The van der Waals surface area contributed by atoms with E-state index in [9.17, 15) is 17.9 Å². The Morgan fingerprint density at radius 3 is 2.52 bits per heavy atom. The van der Waals surface area contributed by atoms with E-state index in [4.69, 9.17) is 0 Å². The molecule has 0 saturated carbocycles. The Bertz CT molecular complexity index is 560. The second kappa shape index (κ2) is 7.87. The minimum atomic E-state index is -3.82. The van der Waals surface area contributed by atoms with Gasteiger partial charge in [-0.25, -0.2) is 12.8 Å². The molecule has 0 aliphatic heterocycles. The minimum absolute atomic E-state index is 0.138. The van der Waals surface area contributed by atoms with Gasteiger partial charge < -0.3 is 5.11 Å². The first-order chi connectivity index (χ1) is 9.88. The van der Waals surface area contributed by atoms with Crippen LogP contribution in [0, 0.1) is 5.82 Å². The van der Waals surface area contributed by atoms with E-state index in [-0.39, 0.29) is 16.5 Å². The lowest BCUT2D eigenvalue weighted by molar-refractivity contribution is 0.276. The molecule has 1 aromatic carbocycles. The Hall–Kier alpha value is -0.980. The van der Waals surface area contributed by atoms with Crippen molar-refractivity contribution in [2.24, 2.45) is 0 Å². The van der Waals surface area contributed by atoms with Crippen molar-refractivity contribution >= 4 is 10.0 Å². The molecule has 0 saturated heterocycles. The average Bonchev–Trinajstić information content (AvgIpc) is 2.47. The summed E-state index contributed by atoms with van der Waals surface area (Å²) in [7, 11) is -3.82. The molecule has 1 unspecified atom stereocenters. The first kappa shape index (κ1) is 18.1. The van der Waals surface area contributed by atoms with Crippen LogP contribution in [0.5, 0.6) is 0 Å². The summed E-state index contributed by atoms with van der Waals surface area (Å²) >= 11 is 0. The lowest BCUT2D eigenvalue weighted by Gasteiger charge is -2.28. The van der Waals surface area contributed by atoms with Gasteiger partial charge in [-0.05, 0) is 37.5 Å². The van der Waals surface area contributed by atoms with E-state index in [0.29, 0.717) is 13.0 Å². The maximum atomic E-state index is 13.4. The quantitative estimate of drug-likeness (QED) is 0.802. The molecule has 6 heteroatoms. The van der Waals surface area contributed by atoms with Crippen molar-refractivity contribution < 1.29 is 17.9 Å². The van der Waals surface area contributed by atoms with Gasteiger partial charge in [-0.3, -0.25) is 0 Å². The van der Waals surface area contributed by atoms with E-state index in [1.54, 1.807) is 0 Å². The lowest BCUT2D eigenvalue weighted by Crippen LogP contribution is -2.39. The highest BCUT2D eigenvalue weighted by atomic mass is 32.2. The molecule has 0 bridgehead atoms. The SMILES string of the molecule is CCCCN(C(C)CC)S(=O)(=O)c1cc(F)ccc1CO. The van der Waals surface area contributed by atoms with Gasteiger partial charge in [0.2, 0.25) is 10.0 Å². The molecule has 1 N–H and O–H groups in total. The van der Waals surface area contributed by atoms with E-state index in [2.05, 4.69) is 0 Å². The van der Waals surface area contributed by atoms with Crippen molar-refractivity contribution in [3.8, 4) is 0 Å². The monoisotopic (exact) mass is 317 g/mol. The maximum Gasteiger partial charge on any atom is 0.243 e. The van der Waals surface area contributed by atoms with Crippen LogP contribution in [0.15, 0.2) is 23.1 Å². The number of aliphatic hydroxyl groups is 1. The Morgan fingerprint density at radius 1 is 1.33 bits per heavy atom. The van der Waals surface area contributed by atoms with Crippen LogP contribution in [-0.4, -0.2) is 30.4 Å². The second-order valence-corrected chi connectivity index (χ2v) is 7.00. The summed E-state index contributed by atoms with van der Waals surface area (Å²) in [5, 5.41) is 9.32. The zero-order valence-corrected chi connectivity index (χ0v) is 13.7. The predicted molar refractivity (Wildman–Crippen MR) is 80.9 cm³/mol. The predicted octanol–water partition coefficient (Wildman–Crippen LogP) is 2.91. The third kappa shape index (κ3) is 4.25. The van der Waals surface area contributed by atoms with Crippen LogP contribution in [0.4, 0.5) is 4.39 Å². The van der Waals surface area contributed by atoms with Gasteiger partial charge in [0.15, 0.2) is 0 Å². The van der Waals surface area contributed by atoms with Gasteiger partial charge in [0, 0.05) is 12.6 Å². The molecular formula is C15H24FNO3S. The van der Waals surface area contributed by atoms with Crippen LogP contribution >= 0.6 is 0 Å². The molecule has 21 heavy (non-hydrogen) atoms. The molecule has 0 spiro atoms. The number of nitrogens with zero attached hydrogens (tertiary/aromatic N) is 1. The molecule has 1 atom stereocenters. The first-order valence-corrected chi connectivity index (χ1v) is 8.73. The summed E-state index contributed by atoms with van der Waals surface area (Å²) in [6.45, 7) is 5.71. The van der Waals surface area contributed by atoms with Gasteiger partial charge in [0.05, 0.1) is 11.5 Å². The third-order valence-electron chi connectivity index (χ3n) is 3.60. The number of benzene rings is 1. The number of rotatable bonds is 8. The third-order valence-corrected chi connectivity index (χ3v) is 5.70. The highest BCUT2D eigenvalue weighted by Gasteiger charge is 2.30. The van der Waals surface area contributed by atoms with Gasteiger partial charge in [0.25, 0.3) is 0 Å². The van der Waals surface area contributed by atoms with Gasteiger partial charge in [-0.1, -0.05) is 26.3 Å². The number of hydrogen-bond donors (Lipinski definition) is 1. The fraction of sp³-hybridized carbons (Fsp3) is 0.600. The fourth-order valence-electron chi connectivity index (χ4n) is 2.12. The van der Waals surface area contributed by atoms with Crippen molar-refractivity contribution in [1.82, 2.24) is 4.31 Å². The summed E-state index contributed by atoms with van der Waals surface area (Å²) < 4.78 is 40.5. The van der Waals surface area contributed by atoms with Crippen molar-refractivity contribution in [1.29, 1.82) is 0 Å². The first-order valence-electron chi connectivity index (χ1n) is 7.29. The molecule has 0 fully saturated rings. The summed E-state index contributed by atoms with van der Waals surface area (Å²) in [5.74, 6) is -0.620. The van der Waals surface area contributed by atoms with E-state index in [0.717, 1.165) is 25.0 Å². The molecule has 0 aliphatic rings. The van der Waals surface area contributed by atoms with E-state index < -0.39 is 22.4 Å². The van der Waals surface area contributed by atoms with Gasteiger partial charge >= 0.3 is 0 Å². The van der Waals surface area contributed by atoms with E-state index >= 15 is 0 Å². The minimum Gasteiger partial charge on any atom is -0.392 e. The summed E-state index contributed by atoms with van der Waals surface area (Å²) in [4.78, 5) is -0.138. The van der Waals surface area contributed by atoms with E-state index in [1.165, 1.54) is 10.4 Å². The van der Waals surface area contributed by atoms with Crippen LogP contribution < -0.4 is 0 Å². The highest BCUT2D eigenvalue weighted by Crippen LogP contribution is 2.24. The summed E-state index contributed by atoms with van der Waals surface area (Å²) in [6, 6.07) is 3.29. The van der Waals surface area contributed by atoms with Crippen LogP contribution in [-0.2, 0) is 16.6 Å². The largest absolute Gasteiger partial charge is 0.392 e. The molecule has 0 heterocycles. The second-order valence-electron chi connectivity index (χ2n) is 5.14. The average molecular weight is 317 g/mol. The summed E-state index contributed by atoms with van der Waals surface area (Å²) in [6.07, 6.45) is 2.29. The molecule has 0 aliphatic carbocycles. The number of hydrogen-bond acceptors (Lipinski definition) is 3. The summed E-state index contributed by atoms with van der Waals surface area (Å²) in [5.41, 5.74) is 0.223. The standard InChI is InChI=1S/C15H24FNO3S/c1-4-6-9-17(12(3)5-2)21(19,20)15-10-14(16)8-7-13(15)11-18/h7-8,10,12,18H,4-6,9,11H2,1-3H3. The Morgan fingerprint density at radius 2 is 2.00 bits per heavy atom. The zero-order chi connectivity index (χ0) is 16.0. The highest BCUT2D eigenvalue weighted by molar-refractivity contribution is 7.89. The Balaban J connectivity index is 3.31. The van der Waals surface area contributed by atoms with Crippen LogP contribution in [0.2, 0.25) is 0 Å². The zero-order valence-electron chi connectivity index (χ0n) is 12.8. The normalized spacial score (nSPS) is 13.6. The number of sulfonamides is 1. The van der Waals surface area contributed by atoms with Gasteiger partial charge in [-0.2, -0.15) is 4.31 Å². The molecule has 0 amide bonds. The number of halogens is 1. The topological polar surface area (TPSA) is 57.6 Å². The van der Waals surface area contributed by atoms with Gasteiger partial charge in [0.1, 0.15) is 5.82 Å². The Labute approximate surface area is 126 Å². The van der Waals surface area contributed by atoms with Crippen LogP contribution in [0.3, 0.4) is 0 Å². The molecular weight excluding hydrogens is 293 g/mol. The Kier molecular flexibility index (Phi) is 6.77. The van der Waals surface area contributed by atoms with Crippen molar-refractivity contribution in [2.45, 2.75) is 57.6 Å².